The Labute approximate surface area is 172 Å². The largest absolute Gasteiger partial charge is 0.488 e. The van der Waals surface area contributed by atoms with Crippen molar-refractivity contribution in [2.45, 2.75) is 26.5 Å². The molecule has 8 heteroatoms. The molecule has 0 radical (unpaired) electrons. The number of aliphatic hydroxyl groups is 1. The highest BCUT2D eigenvalue weighted by atomic mass is 19.1. The van der Waals surface area contributed by atoms with Crippen LogP contribution in [0.3, 0.4) is 0 Å². The van der Waals surface area contributed by atoms with Crippen molar-refractivity contribution >= 4 is 11.0 Å². The van der Waals surface area contributed by atoms with Crippen LogP contribution in [0.1, 0.15) is 11.1 Å². The first-order chi connectivity index (χ1) is 14.4. The lowest BCUT2D eigenvalue weighted by atomic mass is 10.1. The Morgan fingerprint density at radius 3 is 2.63 bits per heavy atom. The van der Waals surface area contributed by atoms with Gasteiger partial charge in [0.05, 0.1) is 18.4 Å². The van der Waals surface area contributed by atoms with E-state index in [0.29, 0.717) is 11.0 Å². The summed E-state index contributed by atoms with van der Waals surface area (Å²) in [6.07, 6.45) is 1.83. The predicted octanol–water partition coefficient (Wildman–Crippen LogP) is 2.78. The first-order valence-corrected chi connectivity index (χ1v) is 9.49. The molecule has 7 nitrogen and oxygen atoms in total. The molecular formula is C22H21FN4O3. The summed E-state index contributed by atoms with van der Waals surface area (Å²) < 4.78 is 21.8. The van der Waals surface area contributed by atoms with E-state index < -0.39 is 11.9 Å². The van der Waals surface area contributed by atoms with Crippen LogP contribution in [0.5, 0.6) is 5.75 Å². The quantitative estimate of drug-likeness (QED) is 0.531. The summed E-state index contributed by atoms with van der Waals surface area (Å²) >= 11 is 0. The van der Waals surface area contributed by atoms with Crippen LogP contribution in [-0.4, -0.2) is 37.1 Å². The van der Waals surface area contributed by atoms with Gasteiger partial charge in [-0.1, -0.05) is 18.2 Å². The molecule has 0 spiro atoms. The lowest BCUT2D eigenvalue weighted by Crippen LogP contribution is -2.30. The molecule has 0 aliphatic carbocycles. The second-order valence-corrected chi connectivity index (χ2v) is 7.24. The van der Waals surface area contributed by atoms with E-state index in [1.807, 2.05) is 26.0 Å². The van der Waals surface area contributed by atoms with Gasteiger partial charge in [0.2, 0.25) is 0 Å². The lowest BCUT2D eigenvalue weighted by molar-refractivity contribution is 0.0895. The number of fused-ring (bicyclic) bond motifs is 1. The highest BCUT2D eigenvalue weighted by molar-refractivity contribution is 5.75. The summed E-state index contributed by atoms with van der Waals surface area (Å²) in [4.78, 5) is 17.2. The lowest BCUT2D eigenvalue weighted by Gasteiger charge is -2.14. The van der Waals surface area contributed by atoms with E-state index >= 15 is 0 Å². The van der Waals surface area contributed by atoms with Crippen LogP contribution in [0, 0.1) is 19.7 Å². The highest BCUT2D eigenvalue weighted by Crippen LogP contribution is 2.18. The van der Waals surface area contributed by atoms with Gasteiger partial charge in [0.25, 0.3) is 5.56 Å². The van der Waals surface area contributed by atoms with E-state index in [2.05, 4.69) is 16.1 Å². The zero-order valence-electron chi connectivity index (χ0n) is 16.6. The van der Waals surface area contributed by atoms with Crippen LogP contribution in [0.4, 0.5) is 4.39 Å². The number of para-hydroxylation sites is 1. The fourth-order valence-electron chi connectivity index (χ4n) is 3.37. The summed E-state index contributed by atoms with van der Waals surface area (Å²) in [5.74, 6) is -0.462. The first kappa shape index (κ1) is 19.8. The van der Waals surface area contributed by atoms with Crippen molar-refractivity contribution in [2.24, 2.45) is 0 Å². The maximum Gasteiger partial charge on any atom is 0.264 e. The maximum absolute atomic E-state index is 13.6. The van der Waals surface area contributed by atoms with Crippen LogP contribution in [0.25, 0.3) is 16.7 Å². The molecule has 0 saturated carbocycles. The molecule has 30 heavy (non-hydrogen) atoms. The van der Waals surface area contributed by atoms with Gasteiger partial charge >= 0.3 is 0 Å². The topological polar surface area (TPSA) is 82.2 Å². The van der Waals surface area contributed by atoms with E-state index in [1.54, 1.807) is 16.8 Å². The Hall–Kier alpha value is -3.52. The van der Waals surface area contributed by atoms with E-state index in [0.717, 1.165) is 16.8 Å². The SMILES string of the molecule is Cc1cc(C)cc(-n2ncc3c(=O)n(C[C@@H](O)COc4ccccc4F)cnc32)c1. The summed E-state index contributed by atoms with van der Waals surface area (Å²) in [5.41, 5.74) is 3.12. The van der Waals surface area contributed by atoms with Gasteiger partial charge in [-0.3, -0.25) is 9.36 Å². The predicted molar refractivity (Wildman–Crippen MR) is 111 cm³/mol. The number of nitrogens with zero attached hydrogens (tertiary/aromatic N) is 4. The average Bonchev–Trinajstić information content (AvgIpc) is 3.14. The van der Waals surface area contributed by atoms with Gasteiger partial charge < -0.3 is 9.84 Å². The number of aliphatic hydroxyl groups excluding tert-OH is 1. The standard InChI is InChI=1S/C22H21FN4O3/c1-14-7-15(2)9-16(8-14)27-21-18(10-25-27)22(29)26(13-24-21)11-17(28)12-30-20-6-4-3-5-19(20)23/h3-10,13,17,28H,11-12H2,1-2H3/t17-/m1/s1. The van der Waals surface area contributed by atoms with Crippen molar-refractivity contribution in [3.8, 4) is 11.4 Å². The monoisotopic (exact) mass is 408 g/mol. The summed E-state index contributed by atoms with van der Waals surface area (Å²) in [5, 5.41) is 14.9. The van der Waals surface area contributed by atoms with Crippen LogP contribution < -0.4 is 10.3 Å². The Morgan fingerprint density at radius 1 is 1.17 bits per heavy atom. The Kier molecular flexibility index (Phi) is 5.33. The molecule has 2 aromatic carbocycles. The third-order valence-corrected chi connectivity index (χ3v) is 4.68. The number of benzene rings is 2. The van der Waals surface area contributed by atoms with Gasteiger partial charge in [0, 0.05) is 0 Å². The number of aromatic nitrogens is 4. The van der Waals surface area contributed by atoms with Crippen molar-refractivity contribution in [1.29, 1.82) is 0 Å². The summed E-state index contributed by atoms with van der Waals surface area (Å²) in [6.45, 7) is 3.79. The smallest absolute Gasteiger partial charge is 0.264 e. The average molecular weight is 408 g/mol. The minimum Gasteiger partial charge on any atom is -0.488 e. The van der Waals surface area contributed by atoms with Gasteiger partial charge in [-0.2, -0.15) is 5.10 Å². The van der Waals surface area contributed by atoms with E-state index in [1.165, 1.54) is 29.2 Å². The molecule has 154 valence electrons. The second-order valence-electron chi connectivity index (χ2n) is 7.24. The third-order valence-electron chi connectivity index (χ3n) is 4.68. The number of hydrogen-bond donors (Lipinski definition) is 1. The van der Waals surface area contributed by atoms with Crippen LogP contribution >= 0.6 is 0 Å². The second kappa shape index (κ2) is 8.08. The van der Waals surface area contributed by atoms with Crippen LogP contribution in [0.2, 0.25) is 0 Å². The van der Waals surface area contributed by atoms with Crippen molar-refractivity contribution < 1.29 is 14.2 Å². The third kappa shape index (κ3) is 3.95. The molecule has 4 aromatic rings. The van der Waals surface area contributed by atoms with E-state index in [4.69, 9.17) is 4.74 Å². The Balaban J connectivity index is 1.55. The van der Waals surface area contributed by atoms with Crippen molar-refractivity contribution in [3.63, 3.8) is 0 Å². The van der Waals surface area contributed by atoms with Gasteiger partial charge in [-0.25, -0.2) is 14.1 Å². The number of aryl methyl sites for hydroxylation is 2. The molecule has 2 aromatic heterocycles. The van der Waals surface area contributed by atoms with Gasteiger partial charge in [-0.05, 0) is 49.2 Å². The molecule has 1 atom stereocenters. The first-order valence-electron chi connectivity index (χ1n) is 9.49. The van der Waals surface area contributed by atoms with Gasteiger partial charge in [-0.15, -0.1) is 0 Å². The van der Waals surface area contributed by atoms with Crippen molar-refractivity contribution in [3.05, 3.63) is 82.3 Å². The molecule has 1 N–H and O–H groups in total. The van der Waals surface area contributed by atoms with Crippen LogP contribution in [-0.2, 0) is 6.54 Å². The Morgan fingerprint density at radius 2 is 1.90 bits per heavy atom. The van der Waals surface area contributed by atoms with E-state index in [-0.39, 0.29) is 24.5 Å². The van der Waals surface area contributed by atoms with Gasteiger partial charge in [0.15, 0.2) is 17.2 Å². The van der Waals surface area contributed by atoms with Crippen LogP contribution in [0.15, 0.2) is 59.8 Å². The maximum atomic E-state index is 13.6. The molecule has 0 aliphatic rings. The molecule has 0 saturated heterocycles. The fraction of sp³-hybridized carbons (Fsp3) is 0.227. The molecular weight excluding hydrogens is 387 g/mol. The van der Waals surface area contributed by atoms with Crippen molar-refractivity contribution in [1.82, 2.24) is 19.3 Å². The number of ether oxygens (including phenoxy) is 1. The zero-order valence-corrected chi connectivity index (χ0v) is 16.6. The van der Waals surface area contributed by atoms with Gasteiger partial charge in [0.1, 0.15) is 24.4 Å². The molecule has 4 rings (SSSR count). The molecule has 0 amide bonds. The van der Waals surface area contributed by atoms with Crippen molar-refractivity contribution in [2.75, 3.05) is 6.61 Å². The summed E-state index contributed by atoms with van der Waals surface area (Å²) in [7, 11) is 0. The molecule has 0 fully saturated rings. The Bertz CT molecular complexity index is 1240. The minimum atomic E-state index is -1.02. The molecule has 2 heterocycles. The molecule has 0 unspecified atom stereocenters. The summed E-state index contributed by atoms with van der Waals surface area (Å²) in [6, 6.07) is 11.9. The molecule has 0 bridgehead atoms. The molecule has 0 aliphatic heterocycles. The number of rotatable bonds is 6. The highest BCUT2D eigenvalue weighted by Gasteiger charge is 2.15. The number of halogens is 1. The zero-order chi connectivity index (χ0) is 21.3. The minimum absolute atomic E-state index is 0.0367. The normalized spacial score (nSPS) is 12.3. The fourth-order valence-corrected chi connectivity index (χ4v) is 3.37. The number of hydrogen-bond acceptors (Lipinski definition) is 5. The van der Waals surface area contributed by atoms with E-state index in [9.17, 15) is 14.3 Å².